The third kappa shape index (κ3) is 2.77. The van der Waals surface area contributed by atoms with Crippen molar-refractivity contribution in [2.75, 3.05) is 23.8 Å². The Balaban J connectivity index is 2.28. The molecule has 7 heteroatoms. The lowest BCUT2D eigenvalue weighted by molar-refractivity contribution is 0.0712. The summed E-state index contributed by atoms with van der Waals surface area (Å²) in [5.74, 6) is -1.06. The molecule has 1 atom stereocenters. The largest absolute Gasteiger partial charge is 0.398 e. The van der Waals surface area contributed by atoms with Gasteiger partial charge in [-0.15, -0.1) is 0 Å². The number of hydrogen-bond donors (Lipinski definition) is 1. The average molecular weight is 300 g/mol. The van der Waals surface area contributed by atoms with Crippen LogP contribution in [0.1, 0.15) is 22.8 Å². The maximum Gasteiger partial charge on any atom is 0.254 e. The number of anilines is 1. The summed E-state index contributed by atoms with van der Waals surface area (Å²) < 4.78 is 36.6. The molecular formula is C13H17FN2O3S. The lowest BCUT2D eigenvalue weighted by Gasteiger charge is -2.33. The molecule has 1 aromatic carbocycles. The topological polar surface area (TPSA) is 80.5 Å². The summed E-state index contributed by atoms with van der Waals surface area (Å²) in [6.45, 7) is 3.33. The molecule has 1 heterocycles. The van der Waals surface area contributed by atoms with E-state index in [0.29, 0.717) is 5.56 Å². The Morgan fingerprint density at radius 2 is 2.10 bits per heavy atom. The molecule has 1 saturated heterocycles. The third-order valence-electron chi connectivity index (χ3n) is 3.56. The fraction of sp³-hybridized carbons (Fsp3) is 0.462. The quantitative estimate of drug-likeness (QED) is 0.784. The predicted molar refractivity (Wildman–Crippen MR) is 74.7 cm³/mol. The van der Waals surface area contributed by atoms with Crippen LogP contribution in [0, 0.1) is 12.7 Å². The van der Waals surface area contributed by atoms with Gasteiger partial charge >= 0.3 is 0 Å². The number of nitrogens with zero attached hydrogens (tertiary/aromatic N) is 1. The Labute approximate surface area is 117 Å². The first-order valence-electron chi connectivity index (χ1n) is 6.28. The highest BCUT2D eigenvalue weighted by atomic mass is 32.2. The lowest BCUT2D eigenvalue weighted by atomic mass is 10.1. The molecule has 5 nitrogen and oxygen atoms in total. The lowest BCUT2D eigenvalue weighted by Crippen LogP contribution is -2.49. The molecule has 1 aromatic rings. The Hall–Kier alpha value is -1.63. The molecule has 1 fully saturated rings. The Morgan fingerprint density at radius 3 is 2.65 bits per heavy atom. The SMILES string of the molecule is Cc1c(N)cc(C(=O)N2CCS(=O)(=O)CC2C)cc1F. The Bertz CT molecular complexity index is 635. The molecule has 0 aliphatic carbocycles. The van der Waals surface area contributed by atoms with Crippen molar-refractivity contribution < 1.29 is 17.6 Å². The van der Waals surface area contributed by atoms with Crippen molar-refractivity contribution in [1.29, 1.82) is 0 Å². The minimum atomic E-state index is -3.10. The summed E-state index contributed by atoms with van der Waals surface area (Å²) in [7, 11) is -3.10. The molecule has 1 aliphatic heterocycles. The van der Waals surface area contributed by atoms with E-state index in [1.54, 1.807) is 6.92 Å². The molecule has 1 aliphatic rings. The fourth-order valence-corrected chi connectivity index (χ4v) is 3.85. The standard InChI is InChI=1S/C13H17FN2O3S/c1-8-7-20(18,19)4-3-16(8)13(17)10-5-11(14)9(2)12(15)6-10/h5-6,8H,3-4,7,15H2,1-2H3. The Morgan fingerprint density at radius 1 is 1.45 bits per heavy atom. The van der Waals surface area contributed by atoms with Gasteiger partial charge in [-0.25, -0.2) is 12.8 Å². The normalized spacial score (nSPS) is 21.8. The number of benzene rings is 1. The van der Waals surface area contributed by atoms with E-state index in [4.69, 9.17) is 5.73 Å². The number of hydrogen-bond acceptors (Lipinski definition) is 4. The van der Waals surface area contributed by atoms with Gasteiger partial charge in [0.1, 0.15) is 5.82 Å². The number of sulfone groups is 1. The van der Waals surface area contributed by atoms with Crippen molar-refractivity contribution in [2.45, 2.75) is 19.9 Å². The molecule has 0 spiro atoms. The molecule has 1 amide bonds. The third-order valence-corrected chi connectivity index (χ3v) is 5.36. The number of carbonyl (C=O) groups excluding carboxylic acids is 1. The zero-order valence-corrected chi connectivity index (χ0v) is 12.2. The van der Waals surface area contributed by atoms with E-state index in [-0.39, 0.29) is 29.3 Å². The van der Waals surface area contributed by atoms with Crippen LogP contribution in [-0.2, 0) is 9.84 Å². The van der Waals surface area contributed by atoms with Gasteiger partial charge in [0.05, 0.1) is 11.5 Å². The van der Waals surface area contributed by atoms with Crippen molar-refractivity contribution in [2.24, 2.45) is 0 Å². The van der Waals surface area contributed by atoms with Crippen LogP contribution in [-0.4, -0.2) is 43.3 Å². The van der Waals surface area contributed by atoms with Crippen LogP contribution in [0.4, 0.5) is 10.1 Å². The zero-order valence-electron chi connectivity index (χ0n) is 11.4. The molecule has 2 rings (SSSR count). The molecule has 0 aromatic heterocycles. The predicted octanol–water partition coefficient (Wildman–Crippen LogP) is 0.975. The van der Waals surface area contributed by atoms with Gasteiger partial charge in [0.2, 0.25) is 0 Å². The highest BCUT2D eigenvalue weighted by Gasteiger charge is 2.32. The Kier molecular flexibility index (Phi) is 3.73. The number of rotatable bonds is 1. The molecule has 0 bridgehead atoms. The van der Waals surface area contributed by atoms with Crippen LogP contribution in [0.25, 0.3) is 0 Å². The average Bonchev–Trinajstić information content (AvgIpc) is 2.33. The van der Waals surface area contributed by atoms with Crippen molar-refractivity contribution in [1.82, 2.24) is 4.90 Å². The molecular weight excluding hydrogens is 283 g/mol. The van der Waals surface area contributed by atoms with Crippen molar-refractivity contribution >= 4 is 21.4 Å². The van der Waals surface area contributed by atoms with Gasteiger partial charge in [0, 0.05) is 29.4 Å². The second-order valence-electron chi connectivity index (χ2n) is 5.13. The minimum absolute atomic E-state index is 0.0626. The summed E-state index contributed by atoms with van der Waals surface area (Å²) in [6, 6.07) is 2.15. The maximum absolute atomic E-state index is 13.6. The van der Waals surface area contributed by atoms with E-state index in [1.165, 1.54) is 17.9 Å². The number of carbonyl (C=O) groups is 1. The number of amides is 1. The first-order chi connectivity index (χ1) is 9.21. The highest BCUT2D eigenvalue weighted by Crippen LogP contribution is 2.21. The molecule has 0 saturated carbocycles. The first-order valence-corrected chi connectivity index (χ1v) is 8.10. The maximum atomic E-state index is 13.6. The first kappa shape index (κ1) is 14.8. The molecule has 20 heavy (non-hydrogen) atoms. The van der Waals surface area contributed by atoms with Crippen molar-refractivity contribution in [3.8, 4) is 0 Å². The van der Waals surface area contributed by atoms with Gasteiger partial charge in [-0.1, -0.05) is 0 Å². The summed E-state index contributed by atoms with van der Waals surface area (Å²) in [5.41, 5.74) is 6.32. The van der Waals surface area contributed by atoms with E-state index in [1.807, 2.05) is 0 Å². The minimum Gasteiger partial charge on any atom is -0.398 e. The number of nitrogens with two attached hydrogens (primary N) is 1. The smallest absolute Gasteiger partial charge is 0.254 e. The van der Waals surface area contributed by atoms with E-state index in [0.717, 1.165) is 6.07 Å². The van der Waals surface area contributed by atoms with Gasteiger partial charge in [0.25, 0.3) is 5.91 Å². The van der Waals surface area contributed by atoms with E-state index in [9.17, 15) is 17.6 Å². The second kappa shape index (κ2) is 5.05. The molecule has 0 radical (unpaired) electrons. The molecule has 1 unspecified atom stereocenters. The monoisotopic (exact) mass is 300 g/mol. The highest BCUT2D eigenvalue weighted by molar-refractivity contribution is 7.91. The van der Waals surface area contributed by atoms with Gasteiger partial charge in [-0.2, -0.15) is 0 Å². The number of nitrogen functional groups attached to an aromatic ring is 1. The van der Waals surface area contributed by atoms with Crippen molar-refractivity contribution in [3.05, 3.63) is 29.1 Å². The van der Waals surface area contributed by atoms with Crippen LogP contribution in [0.2, 0.25) is 0 Å². The summed E-state index contributed by atoms with van der Waals surface area (Å²) in [6.07, 6.45) is 0. The summed E-state index contributed by atoms with van der Waals surface area (Å²) in [5, 5.41) is 0. The van der Waals surface area contributed by atoms with Gasteiger partial charge in [-0.05, 0) is 26.0 Å². The molecule has 2 N–H and O–H groups in total. The van der Waals surface area contributed by atoms with Gasteiger partial charge in [0.15, 0.2) is 9.84 Å². The van der Waals surface area contributed by atoms with Crippen LogP contribution in [0.5, 0.6) is 0 Å². The van der Waals surface area contributed by atoms with E-state index >= 15 is 0 Å². The van der Waals surface area contributed by atoms with Crippen LogP contribution in [0.15, 0.2) is 12.1 Å². The molecule has 110 valence electrons. The summed E-state index contributed by atoms with van der Waals surface area (Å²) in [4.78, 5) is 13.8. The number of halogens is 1. The fourth-order valence-electron chi connectivity index (χ4n) is 2.29. The van der Waals surface area contributed by atoms with Gasteiger partial charge < -0.3 is 10.6 Å². The van der Waals surface area contributed by atoms with E-state index < -0.39 is 27.6 Å². The van der Waals surface area contributed by atoms with Crippen LogP contribution in [0.3, 0.4) is 0 Å². The van der Waals surface area contributed by atoms with E-state index in [2.05, 4.69) is 0 Å². The second-order valence-corrected chi connectivity index (χ2v) is 7.36. The summed E-state index contributed by atoms with van der Waals surface area (Å²) >= 11 is 0. The van der Waals surface area contributed by atoms with Crippen LogP contribution >= 0.6 is 0 Å². The van der Waals surface area contributed by atoms with Gasteiger partial charge in [-0.3, -0.25) is 4.79 Å². The van der Waals surface area contributed by atoms with Crippen molar-refractivity contribution in [3.63, 3.8) is 0 Å². The van der Waals surface area contributed by atoms with Crippen LogP contribution < -0.4 is 5.73 Å². The zero-order chi connectivity index (χ0) is 15.1.